The van der Waals surface area contributed by atoms with Crippen molar-refractivity contribution in [2.45, 2.75) is 123 Å². The number of nitriles is 1. The average Bonchev–Trinajstić information content (AvgIpc) is 2.69. The highest BCUT2D eigenvalue weighted by Crippen LogP contribution is 2.64. The predicted molar refractivity (Wildman–Crippen MR) is 106 cm³/mol. The van der Waals surface area contributed by atoms with E-state index in [0.29, 0.717) is 5.41 Å². The van der Waals surface area contributed by atoms with Gasteiger partial charge in [-0.15, -0.1) is 0 Å². The molecular weight excluding hydrogens is 302 g/mol. The summed E-state index contributed by atoms with van der Waals surface area (Å²) in [5, 5.41) is 9.59. The minimum Gasteiger partial charge on any atom is -0.198 e. The highest BCUT2D eigenvalue weighted by Gasteiger charge is 2.52. The van der Waals surface area contributed by atoms with Gasteiger partial charge in [0.05, 0.1) is 11.5 Å². The topological polar surface area (TPSA) is 23.8 Å². The molecule has 25 heavy (non-hydrogen) atoms. The largest absolute Gasteiger partial charge is 0.198 e. The summed E-state index contributed by atoms with van der Waals surface area (Å²) in [5.41, 5.74) is 1.44. The van der Waals surface area contributed by atoms with Gasteiger partial charge >= 0.3 is 0 Å². The number of nitrogens with zero attached hydrogens (tertiary/aromatic N) is 1. The lowest BCUT2D eigenvalue weighted by atomic mass is 9.47. The van der Waals surface area contributed by atoms with E-state index in [1.807, 2.05) is 0 Å². The Morgan fingerprint density at radius 1 is 0.800 bits per heavy atom. The molecule has 4 aliphatic carbocycles. The minimum absolute atomic E-state index is 0.0265. The van der Waals surface area contributed by atoms with Crippen molar-refractivity contribution in [2.24, 2.45) is 22.2 Å². The zero-order valence-electron chi connectivity index (χ0n) is 17.0. The van der Waals surface area contributed by atoms with Gasteiger partial charge in [-0.05, 0) is 93.8 Å². The molecule has 0 aliphatic heterocycles. The maximum atomic E-state index is 9.59. The van der Waals surface area contributed by atoms with Gasteiger partial charge < -0.3 is 0 Å². The molecule has 0 unspecified atom stereocenters. The Labute approximate surface area is 157 Å². The van der Waals surface area contributed by atoms with Crippen molar-refractivity contribution in [1.29, 1.82) is 5.26 Å². The molecule has 0 aromatic heterocycles. The monoisotopic (exact) mass is 343 g/mol. The molecule has 0 aromatic rings. The Morgan fingerprint density at radius 3 is 1.92 bits per heavy atom. The number of hydrogen-bond donors (Lipinski definition) is 0. The molecule has 0 spiro atoms. The van der Waals surface area contributed by atoms with Gasteiger partial charge in [-0.3, -0.25) is 0 Å². The zero-order valence-corrected chi connectivity index (χ0v) is 17.0. The summed E-state index contributed by atoms with van der Waals surface area (Å²) >= 11 is 0. The second kappa shape index (κ2) is 8.02. The van der Waals surface area contributed by atoms with E-state index in [1.54, 1.807) is 0 Å². The van der Waals surface area contributed by atoms with Crippen LogP contribution < -0.4 is 0 Å². The third-order valence-electron chi connectivity index (χ3n) is 8.99. The van der Waals surface area contributed by atoms with E-state index >= 15 is 0 Å². The molecule has 0 aromatic carbocycles. The Hall–Kier alpha value is -0.510. The van der Waals surface area contributed by atoms with Crippen LogP contribution in [0, 0.1) is 33.5 Å². The molecule has 0 N–H and O–H groups in total. The molecular formula is C24H41N. The van der Waals surface area contributed by atoms with Crippen molar-refractivity contribution in [3.63, 3.8) is 0 Å². The molecule has 1 nitrogen and oxygen atoms in total. The van der Waals surface area contributed by atoms with Crippen LogP contribution in [0.2, 0.25) is 0 Å². The fourth-order valence-corrected chi connectivity index (χ4v) is 6.71. The minimum atomic E-state index is 0.0265. The summed E-state index contributed by atoms with van der Waals surface area (Å²) in [7, 11) is 0. The first-order valence-electron chi connectivity index (χ1n) is 11.5. The van der Waals surface area contributed by atoms with Crippen molar-refractivity contribution >= 4 is 0 Å². The van der Waals surface area contributed by atoms with Gasteiger partial charge in [0.15, 0.2) is 0 Å². The Bertz CT molecular complexity index is 438. The van der Waals surface area contributed by atoms with E-state index in [4.69, 9.17) is 0 Å². The smallest absolute Gasteiger partial charge is 0.0689 e. The van der Waals surface area contributed by atoms with Crippen LogP contribution in [0.25, 0.3) is 0 Å². The summed E-state index contributed by atoms with van der Waals surface area (Å²) in [6, 6.07) is 2.67. The summed E-state index contributed by atoms with van der Waals surface area (Å²) in [4.78, 5) is 0. The van der Waals surface area contributed by atoms with E-state index in [9.17, 15) is 5.26 Å². The van der Waals surface area contributed by atoms with Crippen LogP contribution in [-0.4, -0.2) is 0 Å². The molecule has 0 saturated heterocycles. The van der Waals surface area contributed by atoms with E-state index < -0.39 is 0 Å². The second-order valence-electron chi connectivity index (χ2n) is 10.0. The molecule has 142 valence electrons. The lowest BCUT2D eigenvalue weighted by Crippen LogP contribution is -2.47. The molecule has 1 heteroatoms. The molecule has 2 bridgehead atoms. The predicted octanol–water partition coefficient (Wildman–Crippen LogP) is 7.80. The maximum absolute atomic E-state index is 9.59. The Morgan fingerprint density at radius 2 is 1.40 bits per heavy atom. The van der Waals surface area contributed by atoms with Crippen LogP contribution in [-0.2, 0) is 0 Å². The van der Waals surface area contributed by atoms with Crippen LogP contribution in [0.1, 0.15) is 123 Å². The summed E-state index contributed by atoms with van der Waals surface area (Å²) in [6.07, 6.45) is 23.9. The van der Waals surface area contributed by atoms with Gasteiger partial charge in [0.1, 0.15) is 0 Å². The van der Waals surface area contributed by atoms with E-state index in [-0.39, 0.29) is 5.41 Å². The van der Waals surface area contributed by atoms with Crippen LogP contribution in [0.5, 0.6) is 0 Å². The van der Waals surface area contributed by atoms with Gasteiger partial charge in [-0.25, -0.2) is 0 Å². The SMILES string of the molecule is CCCCCCCC12CCC(C3CCC(C#N)(CC)CC3)(CC1)CC2. The molecule has 0 amide bonds. The quantitative estimate of drug-likeness (QED) is 0.412. The lowest BCUT2D eigenvalue weighted by molar-refractivity contribution is -0.0687. The fraction of sp³-hybridized carbons (Fsp3) is 0.958. The van der Waals surface area contributed by atoms with Crippen molar-refractivity contribution in [1.82, 2.24) is 0 Å². The van der Waals surface area contributed by atoms with Crippen molar-refractivity contribution in [2.75, 3.05) is 0 Å². The van der Waals surface area contributed by atoms with E-state index in [2.05, 4.69) is 19.9 Å². The van der Waals surface area contributed by atoms with Gasteiger partial charge in [-0.2, -0.15) is 5.26 Å². The summed E-state index contributed by atoms with van der Waals surface area (Å²) in [6.45, 7) is 4.53. The van der Waals surface area contributed by atoms with Crippen LogP contribution in [0.3, 0.4) is 0 Å². The standard InChI is InChI=1S/C24H41N/c1-3-5-6-7-8-11-23-14-17-24(18-15-23,19-16-23)21-9-12-22(4-2,20-25)13-10-21/h21H,3-19H2,1-2H3. The first-order chi connectivity index (χ1) is 12.1. The maximum Gasteiger partial charge on any atom is 0.0689 e. The van der Waals surface area contributed by atoms with Gasteiger partial charge in [-0.1, -0.05) is 46.0 Å². The molecule has 0 heterocycles. The Balaban J connectivity index is 1.49. The number of fused-ring (bicyclic) bond motifs is 3. The van der Waals surface area contributed by atoms with Crippen molar-refractivity contribution < 1.29 is 0 Å². The number of hydrogen-bond acceptors (Lipinski definition) is 1. The molecule has 0 atom stereocenters. The van der Waals surface area contributed by atoms with Gasteiger partial charge in [0.25, 0.3) is 0 Å². The Kier molecular flexibility index (Phi) is 6.18. The first kappa shape index (κ1) is 19.3. The van der Waals surface area contributed by atoms with Crippen molar-refractivity contribution in [3.05, 3.63) is 0 Å². The molecule has 4 saturated carbocycles. The highest BCUT2D eigenvalue weighted by molar-refractivity contribution is 5.06. The fourth-order valence-electron chi connectivity index (χ4n) is 6.71. The normalized spacial score (nSPS) is 40.8. The zero-order chi connectivity index (χ0) is 17.8. The lowest BCUT2D eigenvalue weighted by Gasteiger charge is -2.58. The van der Waals surface area contributed by atoms with Crippen LogP contribution in [0.4, 0.5) is 0 Å². The number of rotatable bonds is 8. The first-order valence-corrected chi connectivity index (χ1v) is 11.5. The van der Waals surface area contributed by atoms with E-state index in [1.165, 1.54) is 103 Å². The third-order valence-corrected chi connectivity index (χ3v) is 8.99. The van der Waals surface area contributed by atoms with Gasteiger partial charge in [0, 0.05) is 0 Å². The third kappa shape index (κ3) is 3.94. The molecule has 4 aliphatic rings. The van der Waals surface area contributed by atoms with Crippen LogP contribution in [0.15, 0.2) is 0 Å². The molecule has 4 fully saturated rings. The average molecular weight is 344 g/mol. The second-order valence-corrected chi connectivity index (χ2v) is 10.0. The van der Waals surface area contributed by atoms with E-state index in [0.717, 1.165) is 17.8 Å². The van der Waals surface area contributed by atoms with Gasteiger partial charge in [0.2, 0.25) is 0 Å². The molecule has 0 radical (unpaired) electrons. The summed E-state index contributed by atoms with van der Waals surface area (Å²) in [5.74, 6) is 0.934. The number of unbranched alkanes of at least 4 members (excludes halogenated alkanes) is 4. The highest BCUT2D eigenvalue weighted by atomic mass is 14.6. The van der Waals surface area contributed by atoms with Crippen molar-refractivity contribution in [3.8, 4) is 6.07 Å². The summed E-state index contributed by atoms with van der Waals surface area (Å²) < 4.78 is 0. The van der Waals surface area contributed by atoms with Crippen LogP contribution >= 0.6 is 0 Å². The molecule has 4 rings (SSSR count).